The number of benzene rings is 2. The number of nitrogen functional groups attached to an aromatic ring is 1. The highest BCUT2D eigenvalue weighted by Gasteiger charge is 2.48. The van der Waals surface area contributed by atoms with Gasteiger partial charge in [0.2, 0.25) is 6.23 Å². The number of phosphoric acid groups is 2. The van der Waals surface area contributed by atoms with E-state index in [2.05, 4.69) is 18.8 Å². The molecule has 1 unspecified atom stereocenters. The molecule has 224 valence electrons. The zero-order valence-electron chi connectivity index (χ0n) is 21.2. The summed E-state index contributed by atoms with van der Waals surface area (Å²) >= 11 is 6.56. The van der Waals surface area contributed by atoms with Crippen molar-refractivity contribution in [2.75, 3.05) is 12.3 Å². The first-order chi connectivity index (χ1) is 19.7. The minimum atomic E-state index is -5.38. The van der Waals surface area contributed by atoms with Gasteiger partial charge < -0.3 is 40.5 Å². The molecule has 0 bridgehead atoms. The van der Waals surface area contributed by atoms with E-state index in [9.17, 15) is 29.3 Å². The maximum atomic E-state index is 12.9. The van der Waals surface area contributed by atoms with Crippen LogP contribution >= 0.6 is 27.2 Å². The first kappa shape index (κ1) is 30.5. The summed E-state index contributed by atoms with van der Waals surface area (Å²) in [6.07, 6.45) is -4.86. The monoisotopic (exact) mass is 643 g/mol. The van der Waals surface area contributed by atoms with Crippen LogP contribution in [-0.2, 0) is 29.2 Å². The number of aliphatic hydroxyl groups excluding tert-OH is 2. The number of phosphoric ester groups is 1. The minimum Gasteiger partial charge on any atom is -0.856 e. The lowest BCUT2D eigenvalue weighted by Crippen LogP contribution is -2.46. The second-order valence-electron chi connectivity index (χ2n) is 9.27. The number of fused-ring (bicyclic) bond motifs is 1. The molecule has 3 heterocycles. The number of nitrogens with two attached hydrogens (primary N) is 1. The first-order valence-corrected chi connectivity index (χ1v) is 15.5. The van der Waals surface area contributed by atoms with Gasteiger partial charge in [-0.2, -0.15) is 4.31 Å². The second kappa shape index (κ2) is 11.6. The van der Waals surface area contributed by atoms with Crippen molar-refractivity contribution in [2.24, 2.45) is 0 Å². The zero-order valence-corrected chi connectivity index (χ0v) is 23.8. The molecule has 1 fully saturated rings. The summed E-state index contributed by atoms with van der Waals surface area (Å²) in [4.78, 5) is 34.9. The van der Waals surface area contributed by atoms with Crippen LogP contribution in [0, 0.1) is 0 Å². The lowest BCUT2D eigenvalue weighted by Gasteiger charge is -2.17. The van der Waals surface area contributed by atoms with E-state index < -0.39 is 52.7 Å². The van der Waals surface area contributed by atoms with Gasteiger partial charge in [-0.1, -0.05) is 59.0 Å². The summed E-state index contributed by atoms with van der Waals surface area (Å²) in [5.41, 5.74) is 8.07. The summed E-state index contributed by atoms with van der Waals surface area (Å²) in [6.45, 7) is -0.802. The van der Waals surface area contributed by atoms with Gasteiger partial charge in [0.25, 0.3) is 5.95 Å². The van der Waals surface area contributed by atoms with Gasteiger partial charge in [0.15, 0.2) is 11.8 Å². The van der Waals surface area contributed by atoms with Crippen molar-refractivity contribution in [3.8, 4) is 17.0 Å². The Morgan fingerprint density at radius 2 is 1.81 bits per heavy atom. The molecule has 2 aromatic carbocycles. The molecule has 1 aliphatic rings. The molecule has 0 saturated carbocycles. The van der Waals surface area contributed by atoms with E-state index in [1.165, 1.54) is 15.5 Å². The molecule has 2 aromatic heterocycles. The van der Waals surface area contributed by atoms with E-state index in [1.54, 1.807) is 6.07 Å². The Hall–Kier alpha value is -2.98. The molecular formula is C23H24ClN5O11P2. The number of anilines is 1. The third-order valence-electron chi connectivity index (χ3n) is 6.34. The van der Waals surface area contributed by atoms with E-state index in [1.807, 2.05) is 42.5 Å². The van der Waals surface area contributed by atoms with Crippen molar-refractivity contribution in [3.63, 3.8) is 0 Å². The number of aromatic nitrogens is 4. The van der Waals surface area contributed by atoms with E-state index in [-0.39, 0.29) is 23.7 Å². The lowest BCUT2D eigenvalue weighted by atomic mass is 10.0. The maximum Gasteiger partial charge on any atom is 0.481 e. The largest absolute Gasteiger partial charge is 0.856 e. The molecule has 4 aromatic rings. The quantitative estimate of drug-likeness (QED) is 0.108. The zero-order chi connectivity index (χ0) is 30.4. The molecule has 5 atom stereocenters. The van der Waals surface area contributed by atoms with Gasteiger partial charge in [-0.15, -0.1) is 0 Å². The van der Waals surface area contributed by atoms with Crippen LogP contribution in [0.3, 0.4) is 0 Å². The van der Waals surface area contributed by atoms with Crippen LogP contribution in [0.25, 0.3) is 22.3 Å². The molecule has 0 amide bonds. The summed E-state index contributed by atoms with van der Waals surface area (Å²) in [5, 5.41) is 34.6. The van der Waals surface area contributed by atoms with Crippen LogP contribution in [-0.4, -0.2) is 64.3 Å². The van der Waals surface area contributed by atoms with Crippen LogP contribution < -0.4 is 15.4 Å². The molecule has 0 aliphatic carbocycles. The fourth-order valence-corrected chi connectivity index (χ4v) is 6.48. The van der Waals surface area contributed by atoms with Crippen molar-refractivity contribution < 1.29 is 57.3 Å². The molecule has 1 saturated heterocycles. The Morgan fingerprint density at radius 1 is 1.10 bits per heavy atom. The van der Waals surface area contributed by atoms with Crippen LogP contribution in [0.5, 0.6) is 5.88 Å². The van der Waals surface area contributed by atoms with Crippen LogP contribution in [0.1, 0.15) is 11.8 Å². The van der Waals surface area contributed by atoms with Crippen molar-refractivity contribution in [2.45, 2.75) is 31.1 Å². The SMILES string of the molecule is Nc1nc([O-])c2c(n1)[n+]([C@@H]1O[C@H](COP(=O)(O)OP(=O)(O)O)[C@@H](O)[C@H]1O)cn2Cc1ccc(-c2ccccc2)c(Cl)c1. The van der Waals surface area contributed by atoms with E-state index in [4.69, 9.17) is 31.9 Å². The fraction of sp³-hybridized carbons (Fsp3) is 0.261. The molecule has 7 N–H and O–H groups in total. The number of imidazole rings is 1. The van der Waals surface area contributed by atoms with Gasteiger partial charge in [-0.25, -0.2) is 18.7 Å². The molecule has 1 aliphatic heterocycles. The third kappa shape index (κ3) is 6.49. The smallest absolute Gasteiger partial charge is 0.481 e. The van der Waals surface area contributed by atoms with Crippen LogP contribution in [0.2, 0.25) is 5.02 Å². The highest BCUT2D eigenvalue weighted by atomic mass is 35.5. The van der Waals surface area contributed by atoms with E-state index in [0.717, 1.165) is 11.1 Å². The number of nitrogens with zero attached hydrogens (tertiary/aromatic N) is 4. The van der Waals surface area contributed by atoms with Gasteiger partial charge in [0, 0.05) is 16.5 Å². The van der Waals surface area contributed by atoms with Crippen molar-refractivity contribution in [3.05, 3.63) is 65.4 Å². The summed E-state index contributed by atoms with van der Waals surface area (Å²) in [6, 6.07) is 14.9. The van der Waals surface area contributed by atoms with Gasteiger partial charge in [0.1, 0.15) is 18.3 Å². The number of rotatable bonds is 9. The predicted molar refractivity (Wildman–Crippen MR) is 142 cm³/mol. The van der Waals surface area contributed by atoms with Gasteiger partial charge in [0.05, 0.1) is 13.2 Å². The number of halogens is 1. The van der Waals surface area contributed by atoms with E-state index >= 15 is 0 Å². The molecule has 42 heavy (non-hydrogen) atoms. The number of hydrogen-bond acceptors (Lipinski definition) is 11. The highest BCUT2D eigenvalue weighted by Crippen LogP contribution is 2.57. The van der Waals surface area contributed by atoms with E-state index in [0.29, 0.717) is 10.6 Å². The van der Waals surface area contributed by atoms with Gasteiger partial charge in [-0.3, -0.25) is 9.09 Å². The fourth-order valence-electron chi connectivity index (χ4n) is 4.57. The summed E-state index contributed by atoms with van der Waals surface area (Å²) < 4.78 is 39.3. The Balaban J connectivity index is 1.44. The average molecular weight is 644 g/mol. The highest BCUT2D eigenvalue weighted by molar-refractivity contribution is 7.60. The van der Waals surface area contributed by atoms with Gasteiger partial charge in [-0.05, 0) is 17.2 Å². The number of ether oxygens (including phenoxy) is 1. The molecular weight excluding hydrogens is 620 g/mol. The molecule has 0 spiro atoms. The van der Waals surface area contributed by atoms with Gasteiger partial charge >= 0.3 is 21.3 Å². The first-order valence-electron chi connectivity index (χ1n) is 12.1. The van der Waals surface area contributed by atoms with Crippen LogP contribution in [0.15, 0.2) is 54.9 Å². The molecule has 19 heteroatoms. The Morgan fingerprint density at radius 3 is 2.48 bits per heavy atom. The summed E-state index contributed by atoms with van der Waals surface area (Å²) in [7, 11) is -10.6. The maximum absolute atomic E-state index is 12.9. The molecule has 0 radical (unpaired) electrons. The Labute approximate surface area is 242 Å². The molecule has 16 nitrogen and oxygen atoms in total. The summed E-state index contributed by atoms with van der Waals surface area (Å²) in [5.74, 6) is -1.09. The Kier molecular flexibility index (Phi) is 8.42. The van der Waals surface area contributed by atoms with Crippen LogP contribution in [0.4, 0.5) is 5.95 Å². The predicted octanol–water partition coefficient (Wildman–Crippen LogP) is 0.589. The third-order valence-corrected chi connectivity index (χ3v) is 8.80. The normalized spacial score (nSPS) is 22.4. The van der Waals surface area contributed by atoms with Crippen molar-refractivity contribution in [1.82, 2.24) is 14.5 Å². The average Bonchev–Trinajstić information content (AvgIpc) is 3.38. The minimum absolute atomic E-state index is 0.00708. The topological polar surface area (TPSA) is 247 Å². The lowest BCUT2D eigenvalue weighted by molar-refractivity contribution is -0.745. The second-order valence-corrected chi connectivity index (χ2v) is 12.5. The van der Waals surface area contributed by atoms with Crippen molar-refractivity contribution >= 4 is 44.4 Å². The van der Waals surface area contributed by atoms with Crippen molar-refractivity contribution in [1.29, 1.82) is 0 Å². The Bertz CT molecular complexity index is 1720. The standard InChI is InChI=1S/C23H24ClN5O11P2/c24-15-8-12(6-7-14(15)13-4-2-1-3-5-13)9-28-11-29(20-17(28)21(32)27-23(25)26-20)22-19(31)18(30)16(39-22)10-38-42(36,37)40-41(33,34)35/h1-8,11,16,18-19,22,30-31H,9-10H2,(H5-,25,26,27,32,33,34,35,36,37)/t16-,18-,19-,22-/m1/s1. The molecule has 5 rings (SSSR count). The number of aliphatic hydroxyl groups is 2. The number of hydrogen-bond donors (Lipinski definition) is 6.